The van der Waals surface area contributed by atoms with Gasteiger partial charge in [0.25, 0.3) is 0 Å². The molecule has 0 atom stereocenters. The highest BCUT2D eigenvalue weighted by molar-refractivity contribution is 7.80. The molecule has 1 aliphatic carbocycles. The Balaban J connectivity index is 2.16. The molecular weight excluding hydrogens is 246 g/mol. The quantitative estimate of drug-likeness (QED) is 0.765. The standard InChI is InChI=1S/C13H19N3OS/c1-2-17-11-4-3-8-15-13(11)16(10-5-6-10)9-7-12(14)18/h3-4,8,10H,2,5-7,9H2,1H3,(H2,14,18). The van der Waals surface area contributed by atoms with Gasteiger partial charge in [-0.1, -0.05) is 12.2 Å². The molecule has 1 aromatic rings. The van der Waals surface area contributed by atoms with Gasteiger partial charge < -0.3 is 15.4 Å². The van der Waals surface area contributed by atoms with Crippen molar-refractivity contribution in [3.63, 3.8) is 0 Å². The fraction of sp³-hybridized carbons (Fsp3) is 0.538. The molecule has 0 spiro atoms. The Morgan fingerprint density at radius 2 is 2.39 bits per heavy atom. The van der Waals surface area contributed by atoms with E-state index in [9.17, 15) is 0 Å². The van der Waals surface area contributed by atoms with Crippen molar-refractivity contribution in [2.75, 3.05) is 18.1 Å². The van der Waals surface area contributed by atoms with Crippen molar-refractivity contribution < 1.29 is 4.74 Å². The Bertz CT molecular complexity index is 420. The lowest BCUT2D eigenvalue weighted by molar-refractivity contribution is 0.339. The first-order valence-electron chi connectivity index (χ1n) is 6.35. The summed E-state index contributed by atoms with van der Waals surface area (Å²) in [6.45, 7) is 3.44. The van der Waals surface area contributed by atoms with E-state index >= 15 is 0 Å². The monoisotopic (exact) mass is 265 g/mol. The van der Waals surface area contributed by atoms with Crippen molar-refractivity contribution in [3.8, 4) is 5.75 Å². The molecule has 0 bridgehead atoms. The highest BCUT2D eigenvalue weighted by Crippen LogP contribution is 2.35. The maximum absolute atomic E-state index is 5.63. The smallest absolute Gasteiger partial charge is 0.171 e. The van der Waals surface area contributed by atoms with Gasteiger partial charge in [0.1, 0.15) is 0 Å². The van der Waals surface area contributed by atoms with Crippen LogP contribution >= 0.6 is 12.2 Å². The average Bonchev–Trinajstić information content (AvgIpc) is 3.16. The van der Waals surface area contributed by atoms with E-state index in [0.29, 0.717) is 24.1 Å². The maximum atomic E-state index is 5.63. The number of hydrogen-bond donors (Lipinski definition) is 1. The molecule has 1 aromatic heterocycles. The molecule has 0 saturated heterocycles. The van der Waals surface area contributed by atoms with E-state index in [-0.39, 0.29) is 0 Å². The van der Waals surface area contributed by atoms with Crippen molar-refractivity contribution in [1.82, 2.24) is 4.98 Å². The molecule has 1 aliphatic rings. The lowest BCUT2D eigenvalue weighted by Crippen LogP contribution is -2.30. The summed E-state index contributed by atoms with van der Waals surface area (Å²) in [7, 11) is 0. The molecular formula is C13H19N3OS. The molecule has 1 heterocycles. The van der Waals surface area contributed by atoms with Gasteiger partial charge in [-0.25, -0.2) is 4.98 Å². The fourth-order valence-electron chi connectivity index (χ4n) is 1.94. The summed E-state index contributed by atoms with van der Waals surface area (Å²) >= 11 is 4.95. The van der Waals surface area contributed by atoms with E-state index in [1.807, 2.05) is 19.1 Å². The molecule has 0 aliphatic heterocycles. The van der Waals surface area contributed by atoms with E-state index in [1.54, 1.807) is 6.20 Å². The first-order valence-corrected chi connectivity index (χ1v) is 6.76. The minimum absolute atomic E-state index is 0.551. The Labute approximate surface area is 113 Å². The molecule has 2 rings (SSSR count). The molecule has 1 fully saturated rings. The molecule has 5 heteroatoms. The van der Waals surface area contributed by atoms with Crippen LogP contribution in [-0.4, -0.2) is 29.2 Å². The van der Waals surface area contributed by atoms with Crippen LogP contribution in [0.5, 0.6) is 5.75 Å². The van der Waals surface area contributed by atoms with Crippen LogP contribution in [0, 0.1) is 0 Å². The van der Waals surface area contributed by atoms with Gasteiger partial charge in [0.2, 0.25) is 0 Å². The molecule has 18 heavy (non-hydrogen) atoms. The minimum atomic E-state index is 0.551. The Hall–Kier alpha value is -1.36. The van der Waals surface area contributed by atoms with Crippen molar-refractivity contribution >= 4 is 23.0 Å². The Morgan fingerprint density at radius 1 is 1.61 bits per heavy atom. The third-order valence-electron chi connectivity index (χ3n) is 2.91. The molecule has 4 nitrogen and oxygen atoms in total. The lowest BCUT2D eigenvalue weighted by Gasteiger charge is -2.25. The van der Waals surface area contributed by atoms with E-state index < -0.39 is 0 Å². The minimum Gasteiger partial charge on any atom is -0.490 e. The van der Waals surface area contributed by atoms with Crippen molar-refractivity contribution in [2.45, 2.75) is 32.2 Å². The number of rotatable bonds is 7. The second kappa shape index (κ2) is 6.00. The van der Waals surface area contributed by atoms with Crippen LogP contribution in [0.2, 0.25) is 0 Å². The summed E-state index contributed by atoms with van der Waals surface area (Å²) in [6, 6.07) is 4.42. The highest BCUT2D eigenvalue weighted by Gasteiger charge is 2.31. The van der Waals surface area contributed by atoms with Gasteiger partial charge in [0, 0.05) is 25.2 Å². The summed E-state index contributed by atoms with van der Waals surface area (Å²) in [5.41, 5.74) is 5.59. The van der Waals surface area contributed by atoms with Crippen LogP contribution < -0.4 is 15.4 Å². The molecule has 0 unspecified atom stereocenters. The van der Waals surface area contributed by atoms with Gasteiger partial charge in [0.05, 0.1) is 11.6 Å². The summed E-state index contributed by atoms with van der Waals surface area (Å²) in [6.07, 6.45) is 4.93. The Kier molecular flexibility index (Phi) is 4.36. The number of nitrogens with zero attached hydrogens (tertiary/aromatic N) is 2. The molecule has 1 saturated carbocycles. The van der Waals surface area contributed by atoms with Gasteiger partial charge >= 0.3 is 0 Å². The molecule has 0 amide bonds. The predicted molar refractivity (Wildman–Crippen MR) is 77.2 cm³/mol. The summed E-state index contributed by atoms with van der Waals surface area (Å²) in [5.74, 6) is 1.76. The molecule has 0 aromatic carbocycles. The maximum Gasteiger partial charge on any atom is 0.171 e. The zero-order chi connectivity index (χ0) is 13.0. The summed E-state index contributed by atoms with van der Waals surface area (Å²) < 4.78 is 5.63. The predicted octanol–water partition coefficient (Wildman–Crippen LogP) is 2.13. The average molecular weight is 265 g/mol. The van der Waals surface area contributed by atoms with Gasteiger partial charge in [-0.2, -0.15) is 0 Å². The number of anilines is 1. The Morgan fingerprint density at radius 3 is 3.00 bits per heavy atom. The topological polar surface area (TPSA) is 51.4 Å². The number of ether oxygens (including phenoxy) is 1. The van der Waals surface area contributed by atoms with Gasteiger partial charge in [-0.3, -0.25) is 0 Å². The zero-order valence-electron chi connectivity index (χ0n) is 10.6. The number of pyridine rings is 1. The van der Waals surface area contributed by atoms with E-state index in [2.05, 4.69) is 9.88 Å². The van der Waals surface area contributed by atoms with Gasteiger partial charge in [-0.15, -0.1) is 0 Å². The fourth-order valence-corrected chi connectivity index (χ4v) is 2.04. The van der Waals surface area contributed by atoms with Crippen molar-refractivity contribution in [2.24, 2.45) is 5.73 Å². The van der Waals surface area contributed by atoms with Gasteiger partial charge in [-0.05, 0) is 31.9 Å². The summed E-state index contributed by atoms with van der Waals surface area (Å²) in [5, 5.41) is 0. The first kappa shape index (κ1) is 13.1. The van der Waals surface area contributed by atoms with E-state index in [1.165, 1.54) is 12.8 Å². The van der Waals surface area contributed by atoms with Crippen LogP contribution in [0.25, 0.3) is 0 Å². The van der Waals surface area contributed by atoms with Crippen LogP contribution in [0.4, 0.5) is 5.82 Å². The van der Waals surface area contributed by atoms with Crippen LogP contribution in [0.1, 0.15) is 26.2 Å². The first-order chi connectivity index (χ1) is 8.72. The number of hydrogen-bond acceptors (Lipinski definition) is 4. The van der Waals surface area contributed by atoms with Crippen molar-refractivity contribution in [1.29, 1.82) is 0 Å². The molecule has 2 N–H and O–H groups in total. The van der Waals surface area contributed by atoms with Gasteiger partial charge in [0.15, 0.2) is 11.6 Å². The lowest BCUT2D eigenvalue weighted by atomic mass is 10.3. The van der Waals surface area contributed by atoms with Crippen molar-refractivity contribution in [3.05, 3.63) is 18.3 Å². The second-order valence-corrected chi connectivity index (χ2v) is 4.92. The van der Waals surface area contributed by atoms with E-state index in [0.717, 1.165) is 18.1 Å². The SMILES string of the molecule is CCOc1cccnc1N(CCC(N)=S)C1CC1. The largest absolute Gasteiger partial charge is 0.490 e. The van der Waals surface area contributed by atoms with Crippen LogP contribution in [0.3, 0.4) is 0 Å². The highest BCUT2D eigenvalue weighted by atomic mass is 32.1. The number of nitrogens with two attached hydrogens (primary N) is 1. The van der Waals surface area contributed by atoms with Crippen LogP contribution in [0.15, 0.2) is 18.3 Å². The summed E-state index contributed by atoms with van der Waals surface area (Å²) in [4.78, 5) is 7.27. The third kappa shape index (κ3) is 3.32. The zero-order valence-corrected chi connectivity index (χ0v) is 11.4. The van der Waals surface area contributed by atoms with Crippen LogP contribution in [-0.2, 0) is 0 Å². The second-order valence-electron chi connectivity index (χ2n) is 4.40. The third-order valence-corrected chi connectivity index (χ3v) is 3.11. The number of thiocarbonyl (C=S) groups is 1. The molecule has 0 radical (unpaired) electrons. The van der Waals surface area contributed by atoms with E-state index in [4.69, 9.17) is 22.7 Å². The molecule has 98 valence electrons. The normalized spacial score (nSPS) is 14.3. The number of aromatic nitrogens is 1.